The predicted molar refractivity (Wildman–Crippen MR) is 317 cm³/mol. The summed E-state index contributed by atoms with van der Waals surface area (Å²) in [5.74, 6) is -0.837. The molecule has 0 aromatic rings. The Balaban J connectivity index is 3.91. The first kappa shape index (κ1) is 71.4. The van der Waals surface area contributed by atoms with Gasteiger partial charge < -0.3 is 14.2 Å². The highest BCUT2D eigenvalue weighted by Gasteiger charge is 2.19. The molecular weight excluding hydrogens is 901 g/mol. The lowest BCUT2D eigenvalue weighted by Gasteiger charge is -2.18. The monoisotopic (exact) mass is 1030 g/mol. The molecule has 6 heteroatoms. The summed E-state index contributed by atoms with van der Waals surface area (Å²) in [6.45, 7) is 6.68. The minimum atomic E-state index is -0.760. The van der Waals surface area contributed by atoms with Crippen molar-refractivity contribution in [3.8, 4) is 0 Å². The van der Waals surface area contributed by atoms with Crippen LogP contribution in [-0.2, 0) is 28.6 Å². The molecule has 0 heterocycles. The Morgan fingerprint density at radius 2 is 0.370 bits per heavy atom. The van der Waals surface area contributed by atoms with Crippen LogP contribution in [0.25, 0.3) is 0 Å². The van der Waals surface area contributed by atoms with Crippen LogP contribution in [0.1, 0.15) is 393 Å². The van der Waals surface area contributed by atoms with E-state index in [1.54, 1.807) is 0 Å². The lowest BCUT2D eigenvalue weighted by molar-refractivity contribution is -0.167. The lowest BCUT2D eigenvalue weighted by Crippen LogP contribution is -2.30. The van der Waals surface area contributed by atoms with Crippen molar-refractivity contribution in [2.45, 2.75) is 399 Å². The van der Waals surface area contributed by atoms with Crippen LogP contribution < -0.4 is 0 Å². The second-order valence-corrected chi connectivity index (χ2v) is 23.1. The Hall–Kier alpha value is -1.59. The zero-order valence-electron chi connectivity index (χ0n) is 50.0. The van der Waals surface area contributed by atoms with Crippen molar-refractivity contribution in [3.05, 3.63) is 0 Å². The van der Waals surface area contributed by atoms with E-state index in [4.69, 9.17) is 14.2 Å². The molecule has 0 rings (SSSR count). The van der Waals surface area contributed by atoms with E-state index >= 15 is 0 Å². The topological polar surface area (TPSA) is 78.9 Å². The standard InChI is InChI=1S/C67H130O6/c1-4-7-10-13-16-19-21-23-25-26-27-28-29-30-31-32-33-34-35-36-37-38-39-40-41-42-43-45-46-48-51-54-57-60-66(69)72-63-64(62-71-65(68)59-56-53-50-18-15-12-9-6-3)73-67(70)61-58-55-52-49-47-44-24-22-20-17-14-11-8-5-2/h64H,4-63H2,1-3H3. The highest BCUT2D eigenvalue weighted by molar-refractivity contribution is 5.71. The maximum atomic E-state index is 12.8. The van der Waals surface area contributed by atoms with Gasteiger partial charge in [0.05, 0.1) is 0 Å². The molecule has 0 aromatic carbocycles. The lowest BCUT2D eigenvalue weighted by atomic mass is 10.0. The van der Waals surface area contributed by atoms with Crippen LogP contribution in [0.5, 0.6) is 0 Å². The molecule has 0 N–H and O–H groups in total. The van der Waals surface area contributed by atoms with E-state index in [2.05, 4.69) is 20.8 Å². The third kappa shape index (κ3) is 61.1. The van der Waals surface area contributed by atoms with Crippen molar-refractivity contribution in [2.24, 2.45) is 0 Å². The number of ether oxygens (including phenoxy) is 3. The van der Waals surface area contributed by atoms with Crippen molar-refractivity contribution < 1.29 is 28.6 Å². The average Bonchev–Trinajstić information content (AvgIpc) is 3.39. The van der Waals surface area contributed by atoms with E-state index in [1.165, 1.54) is 295 Å². The highest BCUT2D eigenvalue weighted by Crippen LogP contribution is 2.19. The van der Waals surface area contributed by atoms with Crippen LogP contribution in [-0.4, -0.2) is 37.2 Å². The van der Waals surface area contributed by atoms with Crippen LogP contribution in [0.15, 0.2) is 0 Å². The maximum absolute atomic E-state index is 12.8. The molecule has 0 radical (unpaired) electrons. The molecule has 0 spiro atoms. The number of hydrogen-bond acceptors (Lipinski definition) is 6. The number of carbonyl (C=O) groups is 3. The van der Waals surface area contributed by atoms with Gasteiger partial charge in [0.2, 0.25) is 0 Å². The van der Waals surface area contributed by atoms with Crippen molar-refractivity contribution in [1.82, 2.24) is 0 Å². The van der Waals surface area contributed by atoms with Gasteiger partial charge in [0, 0.05) is 19.3 Å². The largest absolute Gasteiger partial charge is 0.462 e. The van der Waals surface area contributed by atoms with Gasteiger partial charge in [-0.3, -0.25) is 14.4 Å². The molecule has 1 unspecified atom stereocenters. The van der Waals surface area contributed by atoms with E-state index in [0.717, 1.165) is 57.8 Å². The number of carbonyl (C=O) groups excluding carboxylic acids is 3. The first-order valence-electron chi connectivity index (χ1n) is 33.5. The zero-order valence-corrected chi connectivity index (χ0v) is 50.0. The van der Waals surface area contributed by atoms with Gasteiger partial charge in [-0.05, 0) is 19.3 Å². The summed E-state index contributed by atoms with van der Waals surface area (Å²) in [7, 11) is 0. The predicted octanol–water partition coefficient (Wildman–Crippen LogP) is 22.7. The molecule has 0 aliphatic carbocycles. The normalized spacial score (nSPS) is 11.9. The van der Waals surface area contributed by atoms with E-state index in [-0.39, 0.29) is 31.1 Å². The van der Waals surface area contributed by atoms with Gasteiger partial charge in [-0.15, -0.1) is 0 Å². The molecule has 0 bridgehead atoms. The summed E-state index contributed by atoms with van der Waals surface area (Å²) in [6, 6.07) is 0. The number of esters is 3. The van der Waals surface area contributed by atoms with Gasteiger partial charge in [-0.2, -0.15) is 0 Å². The molecule has 0 amide bonds. The zero-order chi connectivity index (χ0) is 52.9. The van der Waals surface area contributed by atoms with Gasteiger partial charge in [-0.1, -0.05) is 355 Å². The molecule has 0 aromatic heterocycles. The van der Waals surface area contributed by atoms with Crippen LogP contribution in [0.4, 0.5) is 0 Å². The summed E-state index contributed by atoms with van der Waals surface area (Å²) in [4.78, 5) is 38.0. The van der Waals surface area contributed by atoms with E-state index in [1.807, 2.05) is 0 Å². The number of unbranched alkanes of at least 4 members (excludes halogenated alkanes) is 52. The average molecular weight is 1030 g/mol. The minimum Gasteiger partial charge on any atom is -0.462 e. The third-order valence-corrected chi connectivity index (χ3v) is 15.6. The number of rotatable bonds is 63. The molecule has 0 aliphatic heterocycles. The summed E-state index contributed by atoms with van der Waals surface area (Å²) in [6.07, 6.45) is 73.1. The SMILES string of the molecule is CCCCCCCCCCCCCCCCCCCCCCCCCCCCCCCCCCCC(=O)OCC(COC(=O)CCCCCCCCCC)OC(=O)CCCCCCCCCCCCCCCC. The van der Waals surface area contributed by atoms with Gasteiger partial charge in [0.1, 0.15) is 13.2 Å². The first-order valence-corrected chi connectivity index (χ1v) is 33.5. The van der Waals surface area contributed by atoms with E-state index in [0.29, 0.717) is 19.3 Å². The molecule has 6 nitrogen and oxygen atoms in total. The summed E-state index contributed by atoms with van der Waals surface area (Å²) >= 11 is 0. The van der Waals surface area contributed by atoms with E-state index in [9.17, 15) is 14.4 Å². The molecule has 0 saturated heterocycles. The smallest absolute Gasteiger partial charge is 0.306 e. The van der Waals surface area contributed by atoms with Gasteiger partial charge >= 0.3 is 17.9 Å². The van der Waals surface area contributed by atoms with Crippen LogP contribution in [0.2, 0.25) is 0 Å². The maximum Gasteiger partial charge on any atom is 0.306 e. The molecule has 0 saturated carbocycles. The van der Waals surface area contributed by atoms with Gasteiger partial charge in [0.15, 0.2) is 6.10 Å². The summed E-state index contributed by atoms with van der Waals surface area (Å²) in [5.41, 5.74) is 0. The van der Waals surface area contributed by atoms with Crippen LogP contribution in [0.3, 0.4) is 0 Å². The fourth-order valence-corrected chi connectivity index (χ4v) is 10.6. The van der Waals surface area contributed by atoms with E-state index < -0.39 is 6.10 Å². The quantitative estimate of drug-likeness (QED) is 0.0343. The summed E-state index contributed by atoms with van der Waals surface area (Å²) < 4.78 is 16.9. The third-order valence-electron chi connectivity index (χ3n) is 15.6. The molecule has 0 aliphatic rings. The minimum absolute atomic E-state index is 0.0615. The fraction of sp³-hybridized carbons (Fsp3) is 0.955. The van der Waals surface area contributed by atoms with Crippen molar-refractivity contribution in [2.75, 3.05) is 13.2 Å². The Kier molecular flexibility index (Phi) is 61.6. The fourth-order valence-electron chi connectivity index (χ4n) is 10.6. The first-order chi connectivity index (χ1) is 36.0. The molecule has 73 heavy (non-hydrogen) atoms. The molecule has 1 atom stereocenters. The van der Waals surface area contributed by atoms with Crippen LogP contribution >= 0.6 is 0 Å². The highest BCUT2D eigenvalue weighted by atomic mass is 16.6. The second-order valence-electron chi connectivity index (χ2n) is 23.1. The van der Waals surface area contributed by atoms with Crippen molar-refractivity contribution >= 4 is 17.9 Å². The summed E-state index contributed by atoms with van der Waals surface area (Å²) in [5, 5.41) is 0. The molecule has 434 valence electrons. The molecular formula is C67H130O6. The Morgan fingerprint density at radius 1 is 0.219 bits per heavy atom. The van der Waals surface area contributed by atoms with Crippen LogP contribution in [0, 0.1) is 0 Å². The van der Waals surface area contributed by atoms with Gasteiger partial charge in [-0.25, -0.2) is 0 Å². The Morgan fingerprint density at radius 3 is 0.548 bits per heavy atom. The van der Waals surface area contributed by atoms with Crippen molar-refractivity contribution in [3.63, 3.8) is 0 Å². The van der Waals surface area contributed by atoms with Gasteiger partial charge in [0.25, 0.3) is 0 Å². The van der Waals surface area contributed by atoms with Crippen molar-refractivity contribution in [1.29, 1.82) is 0 Å². The molecule has 0 fully saturated rings. The number of hydrogen-bond donors (Lipinski definition) is 0. The Bertz CT molecular complexity index is 1090. The second kappa shape index (κ2) is 62.9. The Labute approximate surface area is 457 Å².